The summed E-state index contributed by atoms with van der Waals surface area (Å²) in [6, 6.07) is 0. The highest BCUT2D eigenvalue weighted by Crippen LogP contribution is 2.17. The van der Waals surface area contributed by atoms with Gasteiger partial charge < -0.3 is 10.6 Å². The number of nitrogens with zero attached hydrogens (tertiary/aromatic N) is 1. The van der Waals surface area contributed by atoms with Gasteiger partial charge in [0.15, 0.2) is 0 Å². The van der Waals surface area contributed by atoms with Gasteiger partial charge >= 0.3 is 0 Å². The van der Waals surface area contributed by atoms with Crippen LogP contribution in [0.1, 0.15) is 25.8 Å². The van der Waals surface area contributed by atoms with Crippen molar-refractivity contribution < 1.29 is 4.79 Å². The second-order valence-electron chi connectivity index (χ2n) is 4.46. The van der Waals surface area contributed by atoms with Crippen LogP contribution < -0.4 is 10.6 Å². The van der Waals surface area contributed by atoms with Crippen LogP contribution in [0, 0.1) is 0 Å². The van der Waals surface area contributed by atoms with E-state index in [1.807, 2.05) is 20.8 Å². The minimum atomic E-state index is -0.191. The van der Waals surface area contributed by atoms with E-state index in [1.54, 1.807) is 6.20 Å². The zero-order chi connectivity index (χ0) is 12.2. The topological polar surface area (TPSA) is 54.0 Å². The summed E-state index contributed by atoms with van der Waals surface area (Å²) in [7, 11) is 0. The fourth-order valence-electron chi connectivity index (χ4n) is 1.12. The molecule has 0 saturated heterocycles. The number of rotatable bonds is 4. The highest BCUT2D eigenvalue weighted by Gasteiger charge is 2.13. The van der Waals surface area contributed by atoms with Gasteiger partial charge in [0.2, 0.25) is 5.91 Å². The van der Waals surface area contributed by atoms with Gasteiger partial charge in [0, 0.05) is 12.1 Å². The molecule has 0 radical (unpaired) electrons. The molecule has 1 heterocycles. The molecule has 0 fully saturated rings. The van der Waals surface area contributed by atoms with Crippen molar-refractivity contribution >= 4 is 28.8 Å². The first kappa shape index (κ1) is 13.4. The van der Waals surface area contributed by atoms with E-state index in [0.717, 1.165) is 5.01 Å². The second-order valence-corrected chi connectivity index (χ2v) is 6.21. The molecule has 90 valence electrons. The van der Waals surface area contributed by atoms with E-state index in [4.69, 9.17) is 11.6 Å². The predicted octanol–water partition coefficient (Wildman–Crippen LogP) is 1.80. The van der Waals surface area contributed by atoms with Gasteiger partial charge in [0.1, 0.15) is 9.34 Å². The van der Waals surface area contributed by atoms with Crippen molar-refractivity contribution in [2.45, 2.75) is 32.9 Å². The van der Waals surface area contributed by atoms with Gasteiger partial charge in [0.25, 0.3) is 0 Å². The van der Waals surface area contributed by atoms with Crippen LogP contribution in [0.2, 0.25) is 4.34 Å². The van der Waals surface area contributed by atoms with Crippen LogP contribution in [0.25, 0.3) is 0 Å². The lowest BCUT2D eigenvalue weighted by Crippen LogP contribution is -2.44. The quantitative estimate of drug-likeness (QED) is 0.869. The van der Waals surface area contributed by atoms with Crippen LogP contribution >= 0.6 is 22.9 Å². The van der Waals surface area contributed by atoms with E-state index >= 15 is 0 Å². The summed E-state index contributed by atoms with van der Waals surface area (Å²) in [5, 5.41) is 6.76. The van der Waals surface area contributed by atoms with Crippen LogP contribution in [0.5, 0.6) is 0 Å². The van der Waals surface area contributed by atoms with Crippen molar-refractivity contribution in [2.75, 3.05) is 6.54 Å². The number of hydrogen-bond donors (Lipinski definition) is 2. The SMILES string of the molecule is CC(C)(C)NC(=O)CNCc1ncc(Cl)s1. The Bertz CT molecular complexity index is 359. The summed E-state index contributed by atoms with van der Waals surface area (Å²) in [5.41, 5.74) is -0.191. The van der Waals surface area contributed by atoms with E-state index in [9.17, 15) is 4.79 Å². The van der Waals surface area contributed by atoms with Crippen LogP contribution in [0.3, 0.4) is 0 Å². The molecule has 0 atom stereocenters. The lowest BCUT2D eigenvalue weighted by Gasteiger charge is -2.20. The maximum absolute atomic E-state index is 11.4. The molecule has 0 aromatic carbocycles. The average Bonchev–Trinajstić information content (AvgIpc) is 2.48. The Labute approximate surface area is 104 Å². The molecule has 0 aliphatic rings. The number of carbonyl (C=O) groups excluding carboxylic acids is 1. The number of halogens is 1. The van der Waals surface area contributed by atoms with Gasteiger partial charge in [-0.15, -0.1) is 11.3 Å². The lowest BCUT2D eigenvalue weighted by molar-refractivity contribution is -0.121. The summed E-state index contributed by atoms with van der Waals surface area (Å²) in [6.07, 6.45) is 1.61. The fraction of sp³-hybridized carbons (Fsp3) is 0.600. The zero-order valence-corrected chi connectivity index (χ0v) is 11.2. The molecule has 0 unspecified atom stereocenters. The molecule has 4 nitrogen and oxygen atoms in total. The molecule has 0 spiro atoms. The normalized spacial score (nSPS) is 11.5. The molecule has 1 amide bonds. The van der Waals surface area contributed by atoms with Gasteiger partial charge in [-0.1, -0.05) is 11.6 Å². The number of thiazole rings is 1. The summed E-state index contributed by atoms with van der Waals surface area (Å²) in [6.45, 7) is 6.70. The Morgan fingerprint density at radius 3 is 2.75 bits per heavy atom. The zero-order valence-electron chi connectivity index (χ0n) is 9.63. The third-order valence-corrected chi connectivity index (χ3v) is 2.72. The molecule has 0 saturated carbocycles. The predicted molar refractivity (Wildman–Crippen MR) is 66.7 cm³/mol. The van der Waals surface area contributed by atoms with Crippen LogP contribution in [0.15, 0.2) is 6.20 Å². The summed E-state index contributed by atoms with van der Waals surface area (Å²) >= 11 is 7.15. The van der Waals surface area contributed by atoms with Crippen molar-refractivity contribution in [2.24, 2.45) is 0 Å². The Kier molecular flexibility index (Phi) is 4.70. The van der Waals surface area contributed by atoms with Crippen molar-refractivity contribution in [1.29, 1.82) is 0 Å². The molecule has 0 aliphatic carbocycles. The Morgan fingerprint density at radius 1 is 1.56 bits per heavy atom. The molecular weight excluding hydrogens is 246 g/mol. The minimum Gasteiger partial charge on any atom is -0.350 e. The van der Waals surface area contributed by atoms with Crippen LogP contribution in [-0.4, -0.2) is 23.0 Å². The van der Waals surface area contributed by atoms with E-state index in [-0.39, 0.29) is 18.0 Å². The summed E-state index contributed by atoms with van der Waals surface area (Å²) in [4.78, 5) is 15.5. The van der Waals surface area contributed by atoms with Gasteiger partial charge in [-0.05, 0) is 20.8 Å². The van der Waals surface area contributed by atoms with Crippen LogP contribution in [-0.2, 0) is 11.3 Å². The van der Waals surface area contributed by atoms with E-state index in [1.165, 1.54) is 11.3 Å². The van der Waals surface area contributed by atoms with Gasteiger partial charge in [0.05, 0.1) is 12.7 Å². The van der Waals surface area contributed by atoms with Gasteiger partial charge in [-0.2, -0.15) is 0 Å². The first-order chi connectivity index (χ1) is 7.37. The van der Waals surface area contributed by atoms with Crippen molar-refractivity contribution in [3.8, 4) is 0 Å². The maximum Gasteiger partial charge on any atom is 0.234 e. The fourth-order valence-corrected chi connectivity index (χ4v) is 2.04. The van der Waals surface area contributed by atoms with Crippen molar-refractivity contribution in [1.82, 2.24) is 15.6 Å². The Hall–Kier alpha value is -0.650. The van der Waals surface area contributed by atoms with Gasteiger partial charge in [-0.3, -0.25) is 4.79 Å². The number of aromatic nitrogens is 1. The van der Waals surface area contributed by atoms with Gasteiger partial charge in [-0.25, -0.2) is 4.98 Å². The molecule has 2 N–H and O–H groups in total. The number of amides is 1. The Morgan fingerprint density at radius 2 is 2.25 bits per heavy atom. The standard InChI is InChI=1S/C10H16ClN3OS/c1-10(2,3)14-8(15)5-12-6-9-13-4-7(11)16-9/h4,12H,5-6H2,1-3H3,(H,14,15). The van der Waals surface area contributed by atoms with E-state index in [0.29, 0.717) is 10.9 Å². The first-order valence-electron chi connectivity index (χ1n) is 4.99. The molecule has 1 aromatic heterocycles. The van der Waals surface area contributed by atoms with E-state index < -0.39 is 0 Å². The molecule has 16 heavy (non-hydrogen) atoms. The molecule has 0 bridgehead atoms. The summed E-state index contributed by atoms with van der Waals surface area (Å²) in [5.74, 6) is -0.0184. The average molecular weight is 262 g/mol. The molecule has 1 aromatic rings. The second kappa shape index (κ2) is 5.61. The van der Waals surface area contributed by atoms with Crippen molar-refractivity contribution in [3.05, 3.63) is 15.5 Å². The third kappa shape index (κ3) is 5.44. The van der Waals surface area contributed by atoms with Crippen molar-refractivity contribution in [3.63, 3.8) is 0 Å². The number of nitrogens with one attached hydrogen (secondary N) is 2. The summed E-state index contributed by atoms with van der Waals surface area (Å²) < 4.78 is 0.663. The third-order valence-electron chi connectivity index (χ3n) is 1.60. The first-order valence-corrected chi connectivity index (χ1v) is 6.18. The molecular formula is C10H16ClN3OS. The molecule has 0 aliphatic heterocycles. The van der Waals surface area contributed by atoms with E-state index in [2.05, 4.69) is 15.6 Å². The monoisotopic (exact) mass is 261 g/mol. The van der Waals surface area contributed by atoms with Crippen LogP contribution in [0.4, 0.5) is 0 Å². The largest absolute Gasteiger partial charge is 0.350 e. The Balaban J connectivity index is 2.23. The highest BCUT2D eigenvalue weighted by molar-refractivity contribution is 7.15. The number of hydrogen-bond acceptors (Lipinski definition) is 4. The lowest BCUT2D eigenvalue weighted by atomic mass is 10.1. The highest BCUT2D eigenvalue weighted by atomic mass is 35.5. The molecule has 1 rings (SSSR count). The maximum atomic E-state index is 11.4. The number of carbonyl (C=O) groups is 1. The minimum absolute atomic E-state index is 0.0184. The smallest absolute Gasteiger partial charge is 0.234 e. The molecule has 6 heteroatoms.